The Morgan fingerprint density at radius 3 is 3.00 bits per heavy atom. The maximum absolute atomic E-state index is 12.2. The highest BCUT2D eigenvalue weighted by atomic mass is 32.2. The number of nitrogens with two attached hydrogens (primary N) is 1. The van der Waals surface area contributed by atoms with Crippen molar-refractivity contribution in [3.05, 3.63) is 34.8 Å². The fourth-order valence-electron chi connectivity index (χ4n) is 1.39. The van der Waals surface area contributed by atoms with Crippen LogP contribution in [0.2, 0.25) is 0 Å². The molecule has 1 unspecified atom stereocenters. The predicted molar refractivity (Wildman–Crippen MR) is 69.6 cm³/mol. The quantitative estimate of drug-likeness (QED) is 0.862. The van der Waals surface area contributed by atoms with Crippen LogP contribution in [0.1, 0.15) is 5.01 Å². The van der Waals surface area contributed by atoms with E-state index in [9.17, 15) is 4.21 Å². The lowest BCUT2D eigenvalue weighted by Gasteiger charge is -2.08. The summed E-state index contributed by atoms with van der Waals surface area (Å²) in [7, 11) is 0.375. The van der Waals surface area contributed by atoms with Gasteiger partial charge in [-0.1, -0.05) is 0 Å². The molecule has 4 nitrogen and oxygen atoms in total. The summed E-state index contributed by atoms with van der Waals surface area (Å²) in [5.74, 6) is 0.956. The number of aromatic nitrogens is 1. The number of hydrogen-bond donors (Lipinski definition) is 1. The number of nitrogens with zero attached hydrogens (tertiary/aromatic N) is 1. The topological polar surface area (TPSA) is 65.2 Å². The summed E-state index contributed by atoms with van der Waals surface area (Å²) in [4.78, 5) is 4.76. The average molecular weight is 268 g/mol. The molecular weight excluding hydrogens is 256 g/mol. The summed E-state index contributed by atoms with van der Waals surface area (Å²) in [6, 6.07) is 5.13. The molecule has 0 amide bonds. The molecule has 2 N–H and O–H groups in total. The maximum Gasteiger partial charge on any atom is 0.137 e. The molecule has 1 aromatic carbocycles. The second-order valence-corrected chi connectivity index (χ2v) is 5.72. The van der Waals surface area contributed by atoms with E-state index in [4.69, 9.17) is 10.5 Å². The molecule has 2 aromatic rings. The van der Waals surface area contributed by atoms with Crippen molar-refractivity contribution in [1.29, 1.82) is 0 Å². The van der Waals surface area contributed by atoms with Gasteiger partial charge in [0.1, 0.15) is 10.8 Å². The number of ether oxygens (including phenoxy) is 1. The molecule has 90 valence electrons. The van der Waals surface area contributed by atoms with E-state index >= 15 is 0 Å². The van der Waals surface area contributed by atoms with Crippen molar-refractivity contribution in [2.45, 2.75) is 10.6 Å². The Bertz CT molecular complexity index is 526. The van der Waals surface area contributed by atoms with E-state index in [1.54, 1.807) is 31.5 Å². The molecule has 0 fully saturated rings. The first kappa shape index (κ1) is 12.1. The number of hydrogen-bond acceptors (Lipinski definition) is 5. The first-order valence-corrected chi connectivity index (χ1v) is 7.11. The smallest absolute Gasteiger partial charge is 0.137 e. The van der Waals surface area contributed by atoms with Gasteiger partial charge in [0.25, 0.3) is 0 Å². The zero-order valence-electron chi connectivity index (χ0n) is 9.25. The molecule has 1 aromatic heterocycles. The van der Waals surface area contributed by atoms with Crippen LogP contribution in [0.4, 0.5) is 5.69 Å². The van der Waals surface area contributed by atoms with Crippen molar-refractivity contribution in [1.82, 2.24) is 4.98 Å². The molecule has 0 aliphatic rings. The third kappa shape index (κ3) is 2.83. The summed E-state index contributed by atoms with van der Waals surface area (Å²) >= 11 is 1.49. The van der Waals surface area contributed by atoms with Crippen LogP contribution in [-0.4, -0.2) is 16.3 Å². The Kier molecular flexibility index (Phi) is 3.75. The molecular formula is C11H12N2O2S2. The van der Waals surface area contributed by atoms with E-state index in [1.165, 1.54) is 11.3 Å². The second-order valence-electron chi connectivity index (χ2n) is 3.33. The van der Waals surface area contributed by atoms with Gasteiger partial charge in [0.15, 0.2) is 0 Å². The lowest BCUT2D eigenvalue weighted by atomic mass is 10.3. The van der Waals surface area contributed by atoms with E-state index in [-0.39, 0.29) is 0 Å². The van der Waals surface area contributed by atoms with Gasteiger partial charge in [0, 0.05) is 23.3 Å². The fraction of sp³-hybridized carbons (Fsp3) is 0.182. The Morgan fingerprint density at radius 2 is 2.35 bits per heavy atom. The van der Waals surface area contributed by atoms with Gasteiger partial charge in [-0.05, 0) is 12.1 Å². The highest BCUT2D eigenvalue weighted by molar-refractivity contribution is 7.84. The van der Waals surface area contributed by atoms with Crippen LogP contribution in [0, 0.1) is 0 Å². The lowest BCUT2D eigenvalue weighted by molar-refractivity contribution is 0.404. The molecule has 1 heterocycles. The largest absolute Gasteiger partial charge is 0.495 e. The zero-order chi connectivity index (χ0) is 12.3. The molecule has 6 heteroatoms. The number of anilines is 1. The van der Waals surface area contributed by atoms with Gasteiger partial charge in [-0.3, -0.25) is 4.21 Å². The monoisotopic (exact) mass is 268 g/mol. The van der Waals surface area contributed by atoms with Crippen molar-refractivity contribution >= 4 is 27.8 Å². The van der Waals surface area contributed by atoms with E-state index in [0.29, 0.717) is 22.1 Å². The molecule has 0 saturated heterocycles. The third-order valence-corrected chi connectivity index (χ3v) is 4.50. The summed E-state index contributed by atoms with van der Waals surface area (Å²) < 4.78 is 17.3. The summed E-state index contributed by atoms with van der Waals surface area (Å²) in [5, 5.41) is 2.72. The van der Waals surface area contributed by atoms with E-state index in [2.05, 4.69) is 4.98 Å². The van der Waals surface area contributed by atoms with Crippen molar-refractivity contribution in [3.63, 3.8) is 0 Å². The van der Waals surface area contributed by atoms with E-state index in [0.717, 1.165) is 5.01 Å². The van der Waals surface area contributed by atoms with Crippen LogP contribution in [0.25, 0.3) is 0 Å². The fourth-order valence-corrected chi connectivity index (χ4v) is 3.42. The number of thiazole rings is 1. The highest BCUT2D eigenvalue weighted by Crippen LogP contribution is 2.26. The average Bonchev–Trinajstić information content (AvgIpc) is 2.81. The van der Waals surface area contributed by atoms with E-state index in [1.807, 2.05) is 5.38 Å². The summed E-state index contributed by atoms with van der Waals surface area (Å²) in [6.45, 7) is 0. The Balaban J connectivity index is 2.24. The molecule has 2 rings (SSSR count). The minimum Gasteiger partial charge on any atom is -0.495 e. The van der Waals surface area contributed by atoms with Crippen molar-refractivity contribution in [3.8, 4) is 5.75 Å². The van der Waals surface area contributed by atoms with Gasteiger partial charge in [0.05, 0.1) is 28.6 Å². The van der Waals surface area contributed by atoms with Gasteiger partial charge in [-0.25, -0.2) is 4.98 Å². The SMILES string of the molecule is COc1cc(N)ccc1S(=O)Cc1nccs1. The summed E-state index contributed by atoms with van der Waals surface area (Å²) in [5.41, 5.74) is 6.24. The van der Waals surface area contributed by atoms with Gasteiger partial charge in [0.2, 0.25) is 0 Å². The standard InChI is InChI=1S/C11H12N2O2S2/c1-15-9-6-8(12)2-3-10(9)17(14)7-11-13-4-5-16-11/h2-6H,7,12H2,1H3. The predicted octanol–water partition coefficient (Wildman–Crippen LogP) is 2.04. The van der Waals surface area contributed by atoms with Crippen LogP contribution in [0.5, 0.6) is 5.75 Å². The number of methoxy groups -OCH3 is 1. The van der Waals surface area contributed by atoms with Gasteiger partial charge >= 0.3 is 0 Å². The van der Waals surface area contributed by atoms with Crippen LogP contribution < -0.4 is 10.5 Å². The molecule has 17 heavy (non-hydrogen) atoms. The Labute approximate surface area is 106 Å². The minimum absolute atomic E-state index is 0.401. The molecule has 0 saturated carbocycles. The minimum atomic E-state index is -1.17. The zero-order valence-corrected chi connectivity index (χ0v) is 10.9. The van der Waals surface area contributed by atoms with Crippen molar-refractivity contribution < 1.29 is 8.95 Å². The van der Waals surface area contributed by atoms with Crippen LogP contribution in [0.15, 0.2) is 34.7 Å². The third-order valence-electron chi connectivity index (χ3n) is 2.17. The maximum atomic E-state index is 12.2. The highest BCUT2D eigenvalue weighted by Gasteiger charge is 2.12. The normalized spacial score (nSPS) is 12.3. The number of nitrogen functional groups attached to an aromatic ring is 1. The lowest BCUT2D eigenvalue weighted by Crippen LogP contribution is -2.00. The summed E-state index contributed by atoms with van der Waals surface area (Å²) in [6.07, 6.45) is 1.71. The molecule has 0 bridgehead atoms. The first-order chi connectivity index (χ1) is 8.20. The van der Waals surface area contributed by atoms with Crippen LogP contribution in [-0.2, 0) is 16.6 Å². The molecule has 1 atom stereocenters. The first-order valence-electron chi connectivity index (χ1n) is 4.91. The van der Waals surface area contributed by atoms with Crippen molar-refractivity contribution in [2.75, 3.05) is 12.8 Å². The van der Waals surface area contributed by atoms with E-state index < -0.39 is 10.8 Å². The van der Waals surface area contributed by atoms with Crippen LogP contribution in [0.3, 0.4) is 0 Å². The van der Waals surface area contributed by atoms with Crippen LogP contribution >= 0.6 is 11.3 Å². The van der Waals surface area contributed by atoms with Gasteiger partial charge < -0.3 is 10.5 Å². The molecule has 0 radical (unpaired) electrons. The Hall–Kier alpha value is -1.40. The second kappa shape index (κ2) is 5.29. The molecule has 0 aliphatic carbocycles. The Morgan fingerprint density at radius 1 is 1.53 bits per heavy atom. The number of benzene rings is 1. The molecule has 0 aliphatic heterocycles. The van der Waals surface area contributed by atoms with Gasteiger partial charge in [-0.15, -0.1) is 11.3 Å². The number of rotatable bonds is 4. The molecule has 0 spiro atoms. The van der Waals surface area contributed by atoms with Crippen molar-refractivity contribution in [2.24, 2.45) is 0 Å². The van der Waals surface area contributed by atoms with Gasteiger partial charge in [-0.2, -0.15) is 0 Å².